The molecule has 5 nitrogen and oxygen atoms in total. The number of imide groups is 1. The zero-order valence-corrected chi connectivity index (χ0v) is 15.1. The molecule has 1 aliphatic rings. The van der Waals surface area contributed by atoms with Crippen LogP contribution in [0.1, 0.15) is 44.7 Å². The minimum absolute atomic E-state index is 0.00450. The van der Waals surface area contributed by atoms with Gasteiger partial charge in [-0.2, -0.15) is 0 Å². The molecule has 0 saturated carbocycles. The summed E-state index contributed by atoms with van der Waals surface area (Å²) >= 11 is 0. The molecule has 0 radical (unpaired) electrons. The van der Waals surface area contributed by atoms with E-state index in [-0.39, 0.29) is 24.3 Å². The lowest BCUT2D eigenvalue weighted by molar-refractivity contribution is -0.130. The highest BCUT2D eigenvalue weighted by atomic mass is 16.2. The normalized spacial score (nSPS) is 13.1. The number of rotatable bonds is 6. The van der Waals surface area contributed by atoms with Crippen molar-refractivity contribution >= 4 is 17.7 Å². The monoisotopic (exact) mass is 350 g/mol. The molecule has 0 fully saturated rings. The molecule has 0 N–H and O–H groups in total. The lowest BCUT2D eigenvalue weighted by Crippen LogP contribution is -2.32. The lowest BCUT2D eigenvalue weighted by atomic mass is 10.1. The summed E-state index contributed by atoms with van der Waals surface area (Å²) < 4.78 is 0. The maximum absolute atomic E-state index is 12.4. The van der Waals surface area contributed by atoms with Gasteiger partial charge in [-0.05, 0) is 36.6 Å². The predicted octanol–water partition coefficient (Wildman–Crippen LogP) is 3.03. The van der Waals surface area contributed by atoms with E-state index in [2.05, 4.69) is 0 Å². The van der Waals surface area contributed by atoms with Crippen LogP contribution in [0, 0.1) is 6.92 Å². The molecule has 0 unspecified atom stereocenters. The van der Waals surface area contributed by atoms with Crippen molar-refractivity contribution in [1.29, 1.82) is 0 Å². The Kier molecular flexibility index (Phi) is 5.16. The Hall–Kier alpha value is -2.95. The van der Waals surface area contributed by atoms with Crippen LogP contribution in [0.5, 0.6) is 0 Å². The predicted molar refractivity (Wildman–Crippen MR) is 98.7 cm³/mol. The quantitative estimate of drug-likeness (QED) is 0.753. The van der Waals surface area contributed by atoms with Gasteiger partial charge in [0.15, 0.2) is 0 Å². The van der Waals surface area contributed by atoms with Crippen molar-refractivity contribution in [2.45, 2.75) is 26.3 Å². The number of fused-ring (bicyclic) bond motifs is 1. The van der Waals surface area contributed by atoms with Gasteiger partial charge in [0.1, 0.15) is 0 Å². The smallest absolute Gasteiger partial charge is 0.261 e. The Labute approximate surface area is 153 Å². The van der Waals surface area contributed by atoms with Crippen LogP contribution < -0.4 is 0 Å². The summed E-state index contributed by atoms with van der Waals surface area (Å²) in [6, 6.07) is 14.8. The number of carbonyl (C=O) groups is 3. The van der Waals surface area contributed by atoms with Crippen molar-refractivity contribution in [3.63, 3.8) is 0 Å². The van der Waals surface area contributed by atoms with Crippen LogP contribution in [-0.4, -0.2) is 41.1 Å². The third-order valence-electron chi connectivity index (χ3n) is 4.75. The first-order chi connectivity index (χ1) is 12.5. The summed E-state index contributed by atoms with van der Waals surface area (Å²) in [4.78, 5) is 39.9. The average Bonchev–Trinajstić information content (AvgIpc) is 2.88. The molecule has 5 heteroatoms. The van der Waals surface area contributed by atoms with Gasteiger partial charge in [-0.3, -0.25) is 19.3 Å². The summed E-state index contributed by atoms with van der Waals surface area (Å²) in [5.41, 5.74) is 3.16. The topological polar surface area (TPSA) is 57.7 Å². The fourth-order valence-electron chi connectivity index (χ4n) is 3.15. The van der Waals surface area contributed by atoms with Crippen molar-refractivity contribution in [3.05, 3.63) is 70.8 Å². The van der Waals surface area contributed by atoms with Gasteiger partial charge in [-0.15, -0.1) is 0 Å². The highest BCUT2D eigenvalue weighted by Gasteiger charge is 2.34. The number of benzene rings is 2. The maximum atomic E-state index is 12.4. The highest BCUT2D eigenvalue weighted by Crippen LogP contribution is 2.22. The van der Waals surface area contributed by atoms with Crippen LogP contribution in [-0.2, 0) is 11.3 Å². The van der Waals surface area contributed by atoms with E-state index in [1.807, 2.05) is 31.2 Å². The summed E-state index contributed by atoms with van der Waals surface area (Å²) in [6.07, 6.45) is 0.762. The molecule has 1 aliphatic heterocycles. The van der Waals surface area contributed by atoms with E-state index in [9.17, 15) is 14.4 Å². The van der Waals surface area contributed by atoms with Gasteiger partial charge in [0.05, 0.1) is 11.1 Å². The van der Waals surface area contributed by atoms with Gasteiger partial charge >= 0.3 is 0 Å². The highest BCUT2D eigenvalue weighted by molar-refractivity contribution is 6.21. The number of amides is 3. The molecule has 134 valence electrons. The van der Waals surface area contributed by atoms with E-state index < -0.39 is 0 Å². The zero-order valence-electron chi connectivity index (χ0n) is 15.1. The van der Waals surface area contributed by atoms with Gasteiger partial charge in [0.2, 0.25) is 5.91 Å². The molecule has 3 amide bonds. The van der Waals surface area contributed by atoms with E-state index >= 15 is 0 Å². The molecule has 0 saturated heterocycles. The van der Waals surface area contributed by atoms with E-state index in [1.165, 1.54) is 4.90 Å². The average molecular weight is 350 g/mol. The fourth-order valence-corrected chi connectivity index (χ4v) is 3.15. The SMILES string of the molecule is Cc1ccccc1CN(C)C(=O)CCCN1C(=O)c2ccccc2C1=O. The minimum Gasteiger partial charge on any atom is -0.341 e. The number of carbonyl (C=O) groups excluding carboxylic acids is 3. The number of hydrogen-bond acceptors (Lipinski definition) is 3. The molecule has 26 heavy (non-hydrogen) atoms. The molecule has 0 atom stereocenters. The summed E-state index contributed by atoms with van der Waals surface area (Å²) in [5.74, 6) is -0.539. The molecular formula is C21H22N2O3. The van der Waals surface area contributed by atoms with Crippen LogP contribution in [0.15, 0.2) is 48.5 Å². The van der Waals surface area contributed by atoms with E-state index in [4.69, 9.17) is 0 Å². The van der Waals surface area contributed by atoms with Crippen molar-refractivity contribution < 1.29 is 14.4 Å². The number of nitrogens with zero attached hydrogens (tertiary/aromatic N) is 2. The molecular weight excluding hydrogens is 328 g/mol. The van der Waals surface area contributed by atoms with Gasteiger partial charge in [0, 0.05) is 26.6 Å². The van der Waals surface area contributed by atoms with Crippen molar-refractivity contribution in [2.24, 2.45) is 0 Å². The van der Waals surface area contributed by atoms with Gasteiger partial charge in [-0.25, -0.2) is 0 Å². The second-order valence-electron chi connectivity index (χ2n) is 6.59. The van der Waals surface area contributed by atoms with Gasteiger partial charge in [-0.1, -0.05) is 36.4 Å². The Balaban J connectivity index is 1.52. The lowest BCUT2D eigenvalue weighted by Gasteiger charge is -2.19. The van der Waals surface area contributed by atoms with E-state index in [0.717, 1.165) is 11.1 Å². The summed E-state index contributed by atoms with van der Waals surface area (Å²) in [7, 11) is 1.77. The van der Waals surface area contributed by atoms with Crippen LogP contribution in [0.2, 0.25) is 0 Å². The maximum Gasteiger partial charge on any atom is 0.261 e. The largest absolute Gasteiger partial charge is 0.341 e. The Bertz CT molecular complexity index is 825. The third kappa shape index (κ3) is 3.52. The number of aryl methyl sites for hydroxylation is 1. The molecule has 2 aromatic rings. The van der Waals surface area contributed by atoms with Gasteiger partial charge < -0.3 is 4.90 Å². The van der Waals surface area contributed by atoms with E-state index in [1.54, 1.807) is 36.2 Å². The third-order valence-corrected chi connectivity index (χ3v) is 4.75. The first kappa shape index (κ1) is 17.9. The molecule has 2 aromatic carbocycles. The Morgan fingerprint density at radius 3 is 2.15 bits per heavy atom. The van der Waals surface area contributed by atoms with Crippen LogP contribution in [0.25, 0.3) is 0 Å². The first-order valence-electron chi connectivity index (χ1n) is 8.72. The van der Waals surface area contributed by atoms with Crippen LogP contribution in [0.4, 0.5) is 0 Å². The second kappa shape index (κ2) is 7.52. The Morgan fingerprint density at radius 2 is 1.54 bits per heavy atom. The second-order valence-corrected chi connectivity index (χ2v) is 6.59. The standard InChI is InChI=1S/C21H22N2O3/c1-15-8-3-4-9-16(15)14-22(2)19(24)12-7-13-23-20(25)17-10-5-6-11-18(17)21(23)26/h3-6,8-11H,7,12-14H2,1-2H3. The van der Waals surface area contributed by atoms with Crippen molar-refractivity contribution in [3.8, 4) is 0 Å². The first-order valence-corrected chi connectivity index (χ1v) is 8.72. The van der Waals surface area contributed by atoms with Crippen molar-refractivity contribution in [1.82, 2.24) is 9.80 Å². The Morgan fingerprint density at radius 1 is 0.962 bits per heavy atom. The number of hydrogen-bond donors (Lipinski definition) is 0. The minimum atomic E-state index is -0.272. The van der Waals surface area contributed by atoms with Gasteiger partial charge in [0.25, 0.3) is 11.8 Å². The molecule has 0 spiro atoms. The zero-order chi connectivity index (χ0) is 18.7. The summed E-state index contributed by atoms with van der Waals surface area (Å²) in [5, 5.41) is 0. The summed E-state index contributed by atoms with van der Waals surface area (Å²) in [6.45, 7) is 2.84. The molecule has 0 bridgehead atoms. The fraction of sp³-hybridized carbons (Fsp3) is 0.286. The van der Waals surface area contributed by atoms with E-state index in [0.29, 0.717) is 30.5 Å². The van der Waals surface area contributed by atoms with Crippen LogP contribution in [0.3, 0.4) is 0 Å². The van der Waals surface area contributed by atoms with Crippen LogP contribution >= 0.6 is 0 Å². The molecule has 3 rings (SSSR count). The molecule has 0 aromatic heterocycles. The molecule has 0 aliphatic carbocycles. The molecule has 1 heterocycles. The van der Waals surface area contributed by atoms with Crippen molar-refractivity contribution in [2.75, 3.05) is 13.6 Å².